The number of likely N-dealkylation sites (tertiary alicyclic amines) is 2. The zero-order valence-electron chi connectivity index (χ0n) is 16.0. The van der Waals surface area contributed by atoms with Crippen molar-refractivity contribution >= 4 is 17.7 Å². The predicted octanol–water partition coefficient (Wildman–Crippen LogP) is 0.801. The highest BCUT2D eigenvalue weighted by atomic mass is 16.5. The van der Waals surface area contributed by atoms with Gasteiger partial charge in [0.15, 0.2) is 0 Å². The molecule has 1 unspecified atom stereocenters. The molecule has 0 aliphatic carbocycles. The van der Waals surface area contributed by atoms with Crippen LogP contribution >= 0.6 is 0 Å². The largest absolute Gasteiger partial charge is 0.497 e. The Morgan fingerprint density at radius 3 is 2.89 bits per heavy atom. The van der Waals surface area contributed by atoms with Gasteiger partial charge in [-0.3, -0.25) is 14.4 Å². The summed E-state index contributed by atoms with van der Waals surface area (Å²) >= 11 is 0. The lowest BCUT2D eigenvalue weighted by atomic mass is 9.92. The Morgan fingerprint density at radius 2 is 2.14 bits per heavy atom. The minimum absolute atomic E-state index is 0.0408. The number of ether oxygens (including phenoxy) is 2. The number of hydrogen-bond donors (Lipinski definition) is 1. The van der Waals surface area contributed by atoms with Gasteiger partial charge in [-0.25, -0.2) is 0 Å². The Kier molecular flexibility index (Phi) is 4.87. The zero-order valence-corrected chi connectivity index (χ0v) is 16.0. The minimum Gasteiger partial charge on any atom is -0.497 e. The fourth-order valence-electron chi connectivity index (χ4n) is 4.18. The Balaban J connectivity index is 1.52. The topological polar surface area (TPSA) is 88.2 Å². The van der Waals surface area contributed by atoms with E-state index in [1.54, 1.807) is 35.1 Å². The van der Waals surface area contributed by atoms with Crippen LogP contribution in [-0.2, 0) is 9.59 Å². The van der Waals surface area contributed by atoms with Crippen LogP contribution in [0.3, 0.4) is 0 Å². The second-order valence-corrected chi connectivity index (χ2v) is 7.67. The van der Waals surface area contributed by atoms with E-state index in [0.29, 0.717) is 49.7 Å². The molecular formula is C20H25N3O5. The quantitative estimate of drug-likeness (QED) is 0.829. The highest BCUT2D eigenvalue weighted by Crippen LogP contribution is 2.34. The Morgan fingerprint density at radius 1 is 1.29 bits per heavy atom. The molecule has 1 atom stereocenters. The Bertz CT molecular complexity index is 811. The number of methoxy groups -OCH3 is 1. The number of nitrogens with one attached hydrogen (secondary N) is 1. The van der Waals surface area contributed by atoms with Crippen molar-refractivity contribution in [2.45, 2.75) is 31.3 Å². The van der Waals surface area contributed by atoms with Crippen LogP contribution in [0.1, 0.15) is 36.0 Å². The van der Waals surface area contributed by atoms with Crippen LogP contribution < -0.4 is 14.8 Å². The third-order valence-electron chi connectivity index (χ3n) is 5.72. The van der Waals surface area contributed by atoms with E-state index in [0.717, 1.165) is 19.3 Å². The van der Waals surface area contributed by atoms with Gasteiger partial charge in [-0.05, 0) is 31.4 Å². The van der Waals surface area contributed by atoms with Crippen molar-refractivity contribution in [1.82, 2.24) is 15.1 Å². The second kappa shape index (κ2) is 7.33. The van der Waals surface area contributed by atoms with Crippen LogP contribution in [0.2, 0.25) is 0 Å². The normalized spacial score (nSPS) is 24.5. The van der Waals surface area contributed by atoms with E-state index in [1.807, 2.05) is 0 Å². The van der Waals surface area contributed by atoms with Crippen molar-refractivity contribution in [2.24, 2.45) is 0 Å². The molecule has 8 nitrogen and oxygen atoms in total. The molecule has 1 aromatic carbocycles. The number of benzene rings is 1. The number of carbonyl (C=O) groups is 3. The highest BCUT2D eigenvalue weighted by molar-refractivity contribution is 5.97. The van der Waals surface area contributed by atoms with E-state index in [9.17, 15) is 14.4 Å². The molecule has 1 N–H and O–H groups in total. The average Bonchev–Trinajstić information content (AvgIpc) is 3.05. The fourth-order valence-corrected chi connectivity index (χ4v) is 4.18. The van der Waals surface area contributed by atoms with Gasteiger partial charge in [0, 0.05) is 25.6 Å². The van der Waals surface area contributed by atoms with Gasteiger partial charge < -0.3 is 24.6 Å². The fraction of sp³-hybridized carbons (Fsp3) is 0.550. The first kappa shape index (κ1) is 18.6. The Hall–Kier alpha value is -2.77. The van der Waals surface area contributed by atoms with Crippen LogP contribution in [0.4, 0.5) is 0 Å². The maximum Gasteiger partial charge on any atom is 0.255 e. The van der Waals surface area contributed by atoms with Crippen LogP contribution in [-0.4, -0.2) is 73.0 Å². The lowest BCUT2D eigenvalue weighted by Gasteiger charge is -2.42. The van der Waals surface area contributed by atoms with Gasteiger partial charge in [0.1, 0.15) is 17.1 Å². The molecule has 3 aliphatic rings. The molecule has 2 saturated heterocycles. The van der Waals surface area contributed by atoms with Gasteiger partial charge in [0.2, 0.25) is 11.8 Å². The molecule has 0 saturated carbocycles. The first-order valence-electron chi connectivity index (χ1n) is 9.70. The van der Waals surface area contributed by atoms with Crippen molar-refractivity contribution < 1.29 is 23.9 Å². The summed E-state index contributed by atoms with van der Waals surface area (Å²) in [5, 5.41) is 2.93. The van der Waals surface area contributed by atoms with Gasteiger partial charge in [0.25, 0.3) is 5.91 Å². The summed E-state index contributed by atoms with van der Waals surface area (Å²) in [4.78, 5) is 40.5. The molecule has 1 aromatic rings. The monoisotopic (exact) mass is 387 g/mol. The minimum atomic E-state index is -0.684. The number of carbonyl (C=O) groups excluding carboxylic acids is 3. The van der Waals surface area contributed by atoms with Crippen LogP contribution in [0, 0.1) is 0 Å². The van der Waals surface area contributed by atoms with E-state index in [4.69, 9.17) is 9.47 Å². The number of amides is 3. The average molecular weight is 387 g/mol. The third-order valence-corrected chi connectivity index (χ3v) is 5.72. The number of nitrogens with zero attached hydrogens (tertiary/aromatic N) is 2. The SMILES string of the molecule is COc1ccc2c(c1)OC1(CCCN(C(=O)CN3CCCC3=O)C1)CNC2=O. The number of piperidine rings is 1. The molecule has 3 amide bonds. The van der Waals surface area contributed by atoms with Crippen LogP contribution in [0.15, 0.2) is 18.2 Å². The molecule has 150 valence electrons. The summed E-state index contributed by atoms with van der Waals surface area (Å²) in [6, 6.07) is 5.13. The molecule has 3 heterocycles. The van der Waals surface area contributed by atoms with E-state index in [2.05, 4.69) is 5.32 Å². The molecule has 4 rings (SSSR count). The van der Waals surface area contributed by atoms with Crippen molar-refractivity contribution in [3.05, 3.63) is 23.8 Å². The van der Waals surface area contributed by atoms with Gasteiger partial charge in [0.05, 0.1) is 32.3 Å². The summed E-state index contributed by atoms with van der Waals surface area (Å²) < 4.78 is 11.6. The molecule has 0 radical (unpaired) electrons. The van der Waals surface area contributed by atoms with E-state index < -0.39 is 5.60 Å². The van der Waals surface area contributed by atoms with Gasteiger partial charge in [-0.2, -0.15) is 0 Å². The number of rotatable bonds is 3. The first-order valence-corrected chi connectivity index (χ1v) is 9.70. The molecule has 8 heteroatoms. The maximum absolute atomic E-state index is 12.8. The Labute approximate surface area is 163 Å². The predicted molar refractivity (Wildman–Crippen MR) is 100 cm³/mol. The van der Waals surface area contributed by atoms with Gasteiger partial charge in [-0.15, -0.1) is 0 Å². The smallest absolute Gasteiger partial charge is 0.255 e. The molecule has 2 fully saturated rings. The zero-order chi connectivity index (χ0) is 19.7. The van der Waals surface area contributed by atoms with E-state index >= 15 is 0 Å². The number of fused-ring (bicyclic) bond motifs is 1. The lowest BCUT2D eigenvalue weighted by molar-refractivity contribution is -0.142. The number of hydrogen-bond acceptors (Lipinski definition) is 5. The maximum atomic E-state index is 12.8. The van der Waals surface area contributed by atoms with Crippen LogP contribution in [0.5, 0.6) is 11.5 Å². The molecule has 0 aromatic heterocycles. The molecule has 1 spiro atoms. The second-order valence-electron chi connectivity index (χ2n) is 7.67. The van der Waals surface area contributed by atoms with Crippen molar-refractivity contribution in [3.63, 3.8) is 0 Å². The van der Waals surface area contributed by atoms with E-state index in [1.165, 1.54) is 0 Å². The van der Waals surface area contributed by atoms with Crippen LogP contribution in [0.25, 0.3) is 0 Å². The standard InChI is InChI=1S/C20H25N3O5/c1-27-14-5-6-15-16(10-14)28-20(12-21-19(15)26)7-3-9-23(13-20)18(25)11-22-8-2-4-17(22)24/h5-6,10H,2-4,7-9,11-13H2,1H3,(H,21,26). The molecule has 0 bridgehead atoms. The van der Waals surface area contributed by atoms with Crippen molar-refractivity contribution in [2.75, 3.05) is 39.8 Å². The summed E-state index contributed by atoms with van der Waals surface area (Å²) in [6.07, 6.45) is 2.83. The summed E-state index contributed by atoms with van der Waals surface area (Å²) in [5.74, 6) is 0.859. The van der Waals surface area contributed by atoms with Gasteiger partial charge in [-0.1, -0.05) is 0 Å². The summed E-state index contributed by atoms with van der Waals surface area (Å²) in [7, 11) is 1.56. The lowest BCUT2D eigenvalue weighted by Crippen LogP contribution is -2.59. The van der Waals surface area contributed by atoms with Crippen molar-refractivity contribution in [3.8, 4) is 11.5 Å². The molecule has 28 heavy (non-hydrogen) atoms. The summed E-state index contributed by atoms with van der Waals surface area (Å²) in [6.45, 7) is 2.10. The third kappa shape index (κ3) is 3.50. The summed E-state index contributed by atoms with van der Waals surface area (Å²) in [5.41, 5.74) is -0.222. The molecule has 3 aliphatic heterocycles. The molecular weight excluding hydrogens is 362 g/mol. The van der Waals surface area contributed by atoms with Crippen molar-refractivity contribution in [1.29, 1.82) is 0 Å². The first-order chi connectivity index (χ1) is 13.5. The highest BCUT2D eigenvalue weighted by Gasteiger charge is 2.42. The van der Waals surface area contributed by atoms with Gasteiger partial charge >= 0.3 is 0 Å². The van der Waals surface area contributed by atoms with E-state index in [-0.39, 0.29) is 24.3 Å².